The van der Waals surface area contributed by atoms with Gasteiger partial charge < -0.3 is 0 Å². The molecule has 0 aliphatic heterocycles. The van der Waals surface area contributed by atoms with Crippen molar-refractivity contribution in [3.63, 3.8) is 0 Å². The minimum absolute atomic E-state index is 0.399. The van der Waals surface area contributed by atoms with Crippen molar-refractivity contribution >= 4 is 11.0 Å². The van der Waals surface area contributed by atoms with E-state index in [9.17, 15) is 0 Å². The molecule has 80 valence electrons. The van der Waals surface area contributed by atoms with Gasteiger partial charge in [-0.05, 0) is 23.6 Å². The van der Waals surface area contributed by atoms with Crippen molar-refractivity contribution in [3.8, 4) is 0 Å². The van der Waals surface area contributed by atoms with Gasteiger partial charge in [-0.1, -0.05) is 37.3 Å². The Morgan fingerprint density at radius 2 is 2.00 bits per heavy atom. The van der Waals surface area contributed by atoms with Gasteiger partial charge in [0.05, 0.1) is 0 Å². The zero-order valence-corrected chi connectivity index (χ0v) is 9.14. The van der Waals surface area contributed by atoms with Crippen LogP contribution in [-0.2, 0) is 6.42 Å². The monoisotopic (exact) mass is 211 g/mol. The van der Waals surface area contributed by atoms with E-state index < -0.39 is 0 Å². The predicted octanol–water partition coefficient (Wildman–Crippen LogP) is 2.73. The zero-order chi connectivity index (χ0) is 11.0. The van der Waals surface area contributed by atoms with Gasteiger partial charge in [0.15, 0.2) is 0 Å². The highest BCUT2D eigenvalue weighted by molar-refractivity contribution is 5.79. The largest absolute Gasteiger partial charge is 0.197 e. The molecule has 1 N–H and O–H groups in total. The van der Waals surface area contributed by atoms with Crippen LogP contribution < -0.4 is 0 Å². The molecule has 1 aliphatic carbocycles. The minimum atomic E-state index is 0.399. The van der Waals surface area contributed by atoms with Crippen molar-refractivity contribution < 1.29 is 0 Å². The van der Waals surface area contributed by atoms with Crippen LogP contribution in [0.1, 0.15) is 24.0 Å². The lowest BCUT2D eigenvalue weighted by molar-refractivity contribution is 0.953. The van der Waals surface area contributed by atoms with Crippen LogP contribution in [0.15, 0.2) is 36.4 Å². The Morgan fingerprint density at radius 1 is 1.19 bits per heavy atom. The third-order valence-electron chi connectivity index (χ3n) is 3.09. The van der Waals surface area contributed by atoms with Crippen molar-refractivity contribution in [2.24, 2.45) is 0 Å². The Bertz CT molecular complexity index is 566. The Morgan fingerprint density at radius 3 is 2.75 bits per heavy atom. The first-order chi connectivity index (χ1) is 7.90. The Labute approximate surface area is 93.9 Å². The fourth-order valence-electron chi connectivity index (χ4n) is 2.31. The van der Waals surface area contributed by atoms with Gasteiger partial charge in [0.2, 0.25) is 0 Å². The summed E-state index contributed by atoms with van der Waals surface area (Å²) >= 11 is 0. The normalized spacial score (nSPS) is 15.3. The van der Waals surface area contributed by atoms with Crippen LogP contribution in [0.25, 0.3) is 11.0 Å². The van der Waals surface area contributed by atoms with Gasteiger partial charge in [-0.25, -0.2) is 0 Å². The highest BCUT2D eigenvalue weighted by Crippen LogP contribution is 2.29. The molecule has 0 saturated heterocycles. The van der Waals surface area contributed by atoms with Crippen molar-refractivity contribution in [2.75, 3.05) is 0 Å². The zero-order valence-electron chi connectivity index (χ0n) is 9.14. The molecule has 3 nitrogen and oxygen atoms in total. The molecule has 0 unspecified atom stereocenters. The second-order valence-electron chi connectivity index (χ2n) is 3.97. The van der Waals surface area contributed by atoms with Crippen LogP contribution in [0.3, 0.4) is 0 Å². The molecule has 1 aromatic carbocycles. The van der Waals surface area contributed by atoms with Crippen molar-refractivity contribution in [2.45, 2.75) is 19.3 Å². The summed E-state index contributed by atoms with van der Waals surface area (Å²) in [6, 6.07) is 4.20. The Hall–Kier alpha value is -1.90. The minimum Gasteiger partial charge on any atom is -0.197 e. The van der Waals surface area contributed by atoms with Gasteiger partial charge in [-0.15, -0.1) is 0 Å². The summed E-state index contributed by atoms with van der Waals surface area (Å²) in [5, 5.41) is 11.1. The summed E-state index contributed by atoms with van der Waals surface area (Å²) in [6.07, 6.45) is 9.59. The molecule has 1 aliphatic rings. The molecule has 2 aromatic rings. The molecular formula is C13H13N3. The highest BCUT2D eigenvalue weighted by Gasteiger charge is 2.15. The summed E-state index contributed by atoms with van der Waals surface area (Å²) in [5.74, 6) is 0.399. The van der Waals surface area contributed by atoms with Crippen LogP contribution in [-0.4, -0.2) is 15.4 Å². The molecule has 16 heavy (non-hydrogen) atoms. The van der Waals surface area contributed by atoms with Crippen LogP contribution >= 0.6 is 0 Å². The number of aromatic amines is 1. The average molecular weight is 211 g/mol. The molecule has 0 saturated carbocycles. The standard InChI is InChI=1S/C13H13N3/c1-2-10-11(9-5-3-4-6-9)7-8-12-13(10)15-16-14-12/h3-9H,2H2,1H3,(H,14,15,16). The number of benzene rings is 1. The molecule has 0 spiro atoms. The number of H-pyrrole nitrogens is 1. The molecule has 0 amide bonds. The molecule has 0 radical (unpaired) electrons. The second kappa shape index (κ2) is 3.59. The van der Waals surface area contributed by atoms with Crippen LogP contribution in [0.5, 0.6) is 0 Å². The molecule has 1 heterocycles. The van der Waals surface area contributed by atoms with Gasteiger partial charge in [0, 0.05) is 5.92 Å². The first-order valence-electron chi connectivity index (χ1n) is 5.57. The van der Waals surface area contributed by atoms with Gasteiger partial charge in [-0.2, -0.15) is 15.4 Å². The Kier molecular flexibility index (Phi) is 2.10. The number of nitrogens with one attached hydrogen (secondary N) is 1. The SMILES string of the molecule is CCc1c(C2C=CC=C2)ccc2n[nH]nc12. The average Bonchev–Trinajstić information content (AvgIpc) is 2.97. The van der Waals surface area contributed by atoms with E-state index in [1.54, 1.807) is 0 Å². The van der Waals surface area contributed by atoms with Crippen LogP contribution in [0.2, 0.25) is 0 Å². The number of aromatic nitrogens is 3. The van der Waals surface area contributed by atoms with Gasteiger partial charge in [-0.3, -0.25) is 0 Å². The second-order valence-corrected chi connectivity index (χ2v) is 3.97. The number of hydrogen-bond acceptors (Lipinski definition) is 2. The fraction of sp³-hybridized carbons (Fsp3) is 0.231. The van der Waals surface area contributed by atoms with E-state index in [1.807, 2.05) is 6.07 Å². The summed E-state index contributed by atoms with van der Waals surface area (Å²) in [6.45, 7) is 2.16. The van der Waals surface area contributed by atoms with E-state index in [-0.39, 0.29) is 0 Å². The number of fused-ring (bicyclic) bond motifs is 1. The summed E-state index contributed by atoms with van der Waals surface area (Å²) in [7, 11) is 0. The molecule has 0 fully saturated rings. The molecule has 0 atom stereocenters. The maximum atomic E-state index is 4.24. The van der Waals surface area contributed by atoms with Gasteiger partial charge >= 0.3 is 0 Å². The third-order valence-corrected chi connectivity index (χ3v) is 3.09. The van der Waals surface area contributed by atoms with Crippen molar-refractivity contribution in [3.05, 3.63) is 47.6 Å². The topological polar surface area (TPSA) is 41.6 Å². The third kappa shape index (κ3) is 1.28. The molecule has 0 bridgehead atoms. The van der Waals surface area contributed by atoms with Gasteiger partial charge in [0.25, 0.3) is 0 Å². The molecule has 1 aromatic heterocycles. The molecular weight excluding hydrogens is 198 g/mol. The summed E-state index contributed by atoms with van der Waals surface area (Å²) < 4.78 is 0. The van der Waals surface area contributed by atoms with Crippen molar-refractivity contribution in [1.82, 2.24) is 15.4 Å². The van der Waals surface area contributed by atoms with E-state index in [1.165, 1.54) is 11.1 Å². The van der Waals surface area contributed by atoms with Crippen molar-refractivity contribution in [1.29, 1.82) is 0 Å². The lowest BCUT2D eigenvalue weighted by atomic mass is 9.93. The lowest BCUT2D eigenvalue weighted by Crippen LogP contribution is -1.97. The van der Waals surface area contributed by atoms with Crippen LogP contribution in [0, 0.1) is 0 Å². The number of allylic oxidation sites excluding steroid dienone is 4. The Balaban J connectivity index is 2.23. The van der Waals surface area contributed by atoms with E-state index >= 15 is 0 Å². The fourth-order valence-corrected chi connectivity index (χ4v) is 2.31. The molecule has 3 rings (SSSR count). The van der Waals surface area contributed by atoms with E-state index in [0.717, 1.165) is 17.5 Å². The summed E-state index contributed by atoms with van der Waals surface area (Å²) in [4.78, 5) is 0. The number of aryl methyl sites for hydroxylation is 1. The highest BCUT2D eigenvalue weighted by atomic mass is 15.3. The van der Waals surface area contributed by atoms with E-state index in [2.05, 4.69) is 52.7 Å². The first kappa shape index (κ1) is 9.33. The van der Waals surface area contributed by atoms with Crippen LogP contribution in [0.4, 0.5) is 0 Å². The van der Waals surface area contributed by atoms with Gasteiger partial charge in [0.1, 0.15) is 11.0 Å². The smallest absolute Gasteiger partial charge is 0.116 e. The maximum Gasteiger partial charge on any atom is 0.116 e. The quantitative estimate of drug-likeness (QED) is 0.829. The summed E-state index contributed by atoms with van der Waals surface area (Å²) in [5.41, 5.74) is 4.60. The number of hydrogen-bond donors (Lipinski definition) is 1. The van der Waals surface area contributed by atoms with E-state index in [0.29, 0.717) is 5.92 Å². The maximum absolute atomic E-state index is 4.24. The van der Waals surface area contributed by atoms with E-state index in [4.69, 9.17) is 0 Å². The molecule has 3 heteroatoms. The number of nitrogens with zero attached hydrogens (tertiary/aromatic N) is 2. The first-order valence-corrected chi connectivity index (χ1v) is 5.57. The number of rotatable bonds is 2. The predicted molar refractivity (Wildman–Crippen MR) is 64.3 cm³/mol. The lowest BCUT2D eigenvalue weighted by Gasteiger charge is -2.11.